The summed E-state index contributed by atoms with van der Waals surface area (Å²) >= 11 is 0. The van der Waals surface area contributed by atoms with Crippen LogP contribution in [0.2, 0.25) is 0 Å². The van der Waals surface area contributed by atoms with Crippen molar-refractivity contribution in [3.63, 3.8) is 0 Å². The molecule has 1 saturated heterocycles. The Morgan fingerprint density at radius 2 is 2.33 bits per heavy atom. The molecule has 82 valence electrons. The molecule has 2 heterocycles. The highest BCUT2D eigenvalue weighted by Gasteiger charge is 2.28. The van der Waals surface area contributed by atoms with E-state index in [9.17, 15) is 0 Å². The van der Waals surface area contributed by atoms with Crippen LogP contribution in [0.1, 0.15) is 25.8 Å². The van der Waals surface area contributed by atoms with Gasteiger partial charge in [-0.2, -0.15) is 0 Å². The minimum Gasteiger partial charge on any atom is -0.339 e. The van der Waals surface area contributed by atoms with E-state index in [4.69, 9.17) is 0 Å². The molecule has 1 aliphatic carbocycles. The summed E-state index contributed by atoms with van der Waals surface area (Å²) in [5.41, 5.74) is 0. The molecular formula is C11H18N4. The molecule has 0 radical (unpaired) electrons. The summed E-state index contributed by atoms with van der Waals surface area (Å²) in [6.45, 7) is 5.45. The molecule has 2 fully saturated rings. The van der Waals surface area contributed by atoms with Crippen LogP contribution < -0.4 is 10.2 Å². The number of piperazine rings is 1. The first-order valence-electron chi connectivity index (χ1n) is 5.86. The maximum atomic E-state index is 4.50. The van der Waals surface area contributed by atoms with Crippen LogP contribution in [0.3, 0.4) is 0 Å². The molecule has 0 amide bonds. The third-order valence-corrected chi connectivity index (χ3v) is 3.24. The van der Waals surface area contributed by atoms with Gasteiger partial charge in [-0.25, -0.2) is 4.98 Å². The molecule has 4 heteroatoms. The first kappa shape index (κ1) is 9.21. The van der Waals surface area contributed by atoms with Gasteiger partial charge in [0.05, 0.1) is 0 Å². The van der Waals surface area contributed by atoms with E-state index in [1.54, 1.807) is 0 Å². The standard InChI is InChI=1S/C11H18N4/c1-9-8-14(6-4-12-9)11-13-5-7-15(11)10-2-3-10/h5,7,9-10,12H,2-4,6,8H2,1H3. The van der Waals surface area contributed by atoms with Gasteiger partial charge in [0.15, 0.2) is 0 Å². The van der Waals surface area contributed by atoms with Crippen molar-refractivity contribution in [1.29, 1.82) is 0 Å². The lowest BCUT2D eigenvalue weighted by atomic mass is 10.2. The average Bonchev–Trinajstić information content (AvgIpc) is 2.96. The molecule has 1 aliphatic heterocycles. The van der Waals surface area contributed by atoms with Crippen molar-refractivity contribution < 1.29 is 0 Å². The molecule has 1 saturated carbocycles. The van der Waals surface area contributed by atoms with Gasteiger partial charge in [-0.1, -0.05) is 0 Å². The van der Waals surface area contributed by atoms with Gasteiger partial charge in [-0.3, -0.25) is 0 Å². The maximum absolute atomic E-state index is 4.50. The minimum atomic E-state index is 0.572. The molecule has 2 aliphatic rings. The Morgan fingerprint density at radius 3 is 3.07 bits per heavy atom. The van der Waals surface area contributed by atoms with Gasteiger partial charge in [0.25, 0.3) is 0 Å². The molecule has 15 heavy (non-hydrogen) atoms. The summed E-state index contributed by atoms with van der Waals surface area (Å²) < 4.78 is 2.35. The van der Waals surface area contributed by atoms with E-state index < -0.39 is 0 Å². The van der Waals surface area contributed by atoms with E-state index in [2.05, 4.69) is 32.9 Å². The summed E-state index contributed by atoms with van der Waals surface area (Å²) in [7, 11) is 0. The molecule has 1 unspecified atom stereocenters. The van der Waals surface area contributed by atoms with Crippen LogP contribution in [-0.4, -0.2) is 35.2 Å². The Morgan fingerprint density at radius 1 is 1.47 bits per heavy atom. The predicted octanol–water partition coefficient (Wildman–Crippen LogP) is 1.02. The lowest BCUT2D eigenvalue weighted by Gasteiger charge is -2.32. The number of nitrogens with zero attached hydrogens (tertiary/aromatic N) is 3. The Balaban J connectivity index is 1.81. The maximum Gasteiger partial charge on any atom is 0.205 e. The topological polar surface area (TPSA) is 33.1 Å². The van der Waals surface area contributed by atoms with Crippen LogP contribution in [0, 0.1) is 0 Å². The van der Waals surface area contributed by atoms with Gasteiger partial charge in [0.2, 0.25) is 5.95 Å². The summed E-state index contributed by atoms with van der Waals surface area (Å²) in [5, 5.41) is 3.46. The molecular weight excluding hydrogens is 188 g/mol. The van der Waals surface area contributed by atoms with Crippen LogP contribution in [0.5, 0.6) is 0 Å². The predicted molar refractivity (Wildman–Crippen MR) is 60.2 cm³/mol. The summed E-state index contributed by atoms with van der Waals surface area (Å²) in [6.07, 6.45) is 6.70. The quantitative estimate of drug-likeness (QED) is 0.784. The zero-order chi connectivity index (χ0) is 10.3. The second-order valence-corrected chi connectivity index (χ2v) is 4.67. The second-order valence-electron chi connectivity index (χ2n) is 4.67. The van der Waals surface area contributed by atoms with Crippen molar-refractivity contribution in [1.82, 2.24) is 14.9 Å². The van der Waals surface area contributed by atoms with E-state index in [1.807, 2.05) is 6.20 Å². The zero-order valence-corrected chi connectivity index (χ0v) is 9.19. The molecule has 0 aromatic carbocycles. The number of aromatic nitrogens is 2. The first-order chi connectivity index (χ1) is 7.34. The second kappa shape index (κ2) is 3.52. The Labute approximate surface area is 90.3 Å². The van der Waals surface area contributed by atoms with Crippen LogP contribution in [0.15, 0.2) is 12.4 Å². The fraction of sp³-hybridized carbons (Fsp3) is 0.727. The lowest BCUT2D eigenvalue weighted by Crippen LogP contribution is -2.50. The van der Waals surface area contributed by atoms with E-state index in [0.29, 0.717) is 6.04 Å². The number of imidazole rings is 1. The molecule has 3 rings (SSSR count). The fourth-order valence-corrected chi connectivity index (χ4v) is 2.30. The van der Waals surface area contributed by atoms with Crippen molar-refractivity contribution in [2.45, 2.75) is 31.8 Å². The van der Waals surface area contributed by atoms with E-state index in [1.165, 1.54) is 18.8 Å². The number of anilines is 1. The Hall–Kier alpha value is -1.03. The number of rotatable bonds is 2. The molecule has 1 aromatic rings. The smallest absolute Gasteiger partial charge is 0.205 e. The van der Waals surface area contributed by atoms with Gasteiger partial charge in [0, 0.05) is 44.1 Å². The van der Waals surface area contributed by atoms with Crippen molar-refractivity contribution in [2.24, 2.45) is 0 Å². The number of hydrogen-bond acceptors (Lipinski definition) is 3. The zero-order valence-electron chi connectivity index (χ0n) is 9.19. The van der Waals surface area contributed by atoms with E-state index in [-0.39, 0.29) is 0 Å². The minimum absolute atomic E-state index is 0.572. The highest BCUT2D eigenvalue weighted by atomic mass is 15.3. The molecule has 1 aromatic heterocycles. The highest BCUT2D eigenvalue weighted by molar-refractivity contribution is 5.34. The van der Waals surface area contributed by atoms with E-state index >= 15 is 0 Å². The number of nitrogens with one attached hydrogen (secondary N) is 1. The lowest BCUT2D eigenvalue weighted by molar-refractivity contribution is 0.474. The monoisotopic (exact) mass is 206 g/mol. The average molecular weight is 206 g/mol. The number of hydrogen-bond donors (Lipinski definition) is 1. The van der Waals surface area contributed by atoms with Gasteiger partial charge in [-0.05, 0) is 19.8 Å². The summed E-state index contributed by atoms with van der Waals surface area (Å²) in [4.78, 5) is 6.90. The Kier molecular flexibility index (Phi) is 2.16. The third kappa shape index (κ3) is 1.74. The molecule has 1 atom stereocenters. The van der Waals surface area contributed by atoms with Crippen molar-refractivity contribution in [3.05, 3.63) is 12.4 Å². The van der Waals surface area contributed by atoms with Gasteiger partial charge in [0.1, 0.15) is 0 Å². The summed E-state index contributed by atoms with van der Waals surface area (Å²) in [5.74, 6) is 1.17. The van der Waals surface area contributed by atoms with Crippen molar-refractivity contribution in [3.8, 4) is 0 Å². The SMILES string of the molecule is CC1CN(c2nccn2C2CC2)CCN1. The van der Waals surface area contributed by atoms with Crippen molar-refractivity contribution >= 4 is 5.95 Å². The van der Waals surface area contributed by atoms with Crippen LogP contribution in [0.4, 0.5) is 5.95 Å². The molecule has 0 spiro atoms. The third-order valence-electron chi connectivity index (χ3n) is 3.24. The van der Waals surface area contributed by atoms with Gasteiger partial charge in [-0.15, -0.1) is 0 Å². The van der Waals surface area contributed by atoms with Crippen LogP contribution in [-0.2, 0) is 0 Å². The molecule has 1 N–H and O–H groups in total. The fourth-order valence-electron chi connectivity index (χ4n) is 2.30. The largest absolute Gasteiger partial charge is 0.339 e. The van der Waals surface area contributed by atoms with E-state index in [0.717, 1.165) is 25.7 Å². The normalized spacial score (nSPS) is 27.0. The highest BCUT2D eigenvalue weighted by Crippen LogP contribution is 2.37. The molecule has 4 nitrogen and oxygen atoms in total. The Bertz CT molecular complexity index is 342. The van der Waals surface area contributed by atoms with Crippen LogP contribution in [0.25, 0.3) is 0 Å². The van der Waals surface area contributed by atoms with Crippen molar-refractivity contribution in [2.75, 3.05) is 24.5 Å². The van der Waals surface area contributed by atoms with Gasteiger partial charge < -0.3 is 14.8 Å². The van der Waals surface area contributed by atoms with Crippen LogP contribution >= 0.6 is 0 Å². The first-order valence-corrected chi connectivity index (χ1v) is 5.86. The van der Waals surface area contributed by atoms with Gasteiger partial charge >= 0.3 is 0 Å². The molecule has 0 bridgehead atoms. The summed E-state index contributed by atoms with van der Waals surface area (Å²) in [6, 6.07) is 1.30.